The predicted molar refractivity (Wildman–Crippen MR) is 147 cm³/mol. The van der Waals surface area contributed by atoms with Crippen molar-refractivity contribution < 1.29 is 13.2 Å². The van der Waals surface area contributed by atoms with Gasteiger partial charge in [0.05, 0.1) is 21.7 Å². The van der Waals surface area contributed by atoms with Crippen molar-refractivity contribution in [1.29, 1.82) is 0 Å². The van der Waals surface area contributed by atoms with Crippen molar-refractivity contribution in [1.82, 2.24) is 9.29 Å². The number of sulfonamides is 1. The van der Waals surface area contributed by atoms with Gasteiger partial charge in [0.25, 0.3) is 5.91 Å². The third kappa shape index (κ3) is 5.06. The minimum atomic E-state index is -3.55. The number of piperidine rings is 1. The molecule has 1 aliphatic heterocycles. The molecular formula is C27H27N3O3S3. The molecule has 1 aliphatic rings. The molecule has 2 heterocycles. The van der Waals surface area contributed by atoms with Gasteiger partial charge < -0.3 is 0 Å². The molecule has 1 aromatic heterocycles. The van der Waals surface area contributed by atoms with E-state index in [-0.39, 0.29) is 10.8 Å². The summed E-state index contributed by atoms with van der Waals surface area (Å²) in [5, 5.41) is 0.616. The molecule has 0 radical (unpaired) electrons. The lowest BCUT2D eigenvalue weighted by molar-refractivity contribution is 0.0985. The molecular weight excluding hydrogens is 511 g/mol. The third-order valence-corrected chi connectivity index (χ3v) is 10.0. The first-order valence-electron chi connectivity index (χ1n) is 11.9. The summed E-state index contributed by atoms with van der Waals surface area (Å²) in [6, 6.07) is 22.2. The van der Waals surface area contributed by atoms with Gasteiger partial charge in [-0.25, -0.2) is 13.4 Å². The molecule has 1 saturated heterocycles. The summed E-state index contributed by atoms with van der Waals surface area (Å²) in [4.78, 5) is 21.6. The van der Waals surface area contributed by atoms with Gasteiger partial charge in [0.1, 0.15) is 0 Å². The lowest BCUT2D eigenvalue weighted by Gasteiger charge is -2.26. The summed E-state index contributed by atoms with van der Waals surface area (Å²) in [6.45, 7) is 1.45. The number of nitrogens with zero attached hydrogens (tertiary/aromatic N) is 3. The fraction of sp³-hybridized carbons (Fsp3) is 0.259. The number of benzene rings is 3. The minimum absolute atomic E-state index is 0.217. The maximum absolute atomic E-state index is 13.8. The molecule has 0 unspecified atom stereocenters. The number of carbonyl (C=O) groups is 1. The van der Waals surface area contributed by atoms with Crippen LogP contribution < -0.4 is 4.90 Å². The van der Waals surface area contributed by atoms with Crippen molar-refractivity contribution in [3.05, 3.63) is 83.9 Å². The number of fused-ring (bicyclic) bond motifs is 1. The smallest absolute Gasteiger partial charge is 0.260 e. The van der Waals surface area contributed by atoms with Crippen molar-refractivity contribution in [3.63, 3.8) is 0 Å². The number of hydrogen-bond donors (Lipinski definition) is 0. The van der Waals surface area contributed by atoms with E-state index in [0.717, 1.165) is 39.9 Å². The Balaban J connectivity index is 1.48. The Morgan fingerprint density at radius 3 is 2.39 bits per heavy atom. The Morgan fingerprint density at radius 1 is 0.972 bits per heavy atom. The van der Waals surface area contributed by atoms with Gasteiger partial charge in [-0.1, -0.05) is 54.2 Å². The maximum atomic E-state index is 13.8. The summed E-state index contributed by atoms with van der Waals surface area (Å²) in [5.74, 6) is -0.217. The normalized spacial score (nSPS) is 14.7. The van der Waals surface area contributed by atoms with Crippen LogP contribution in [0, 0.1) is 0 Å². The maximum Gasteiger partial charge on any atom is 0.260 e. The highest BCUT2D eigenvalue weighted by Crippen LogP contribution is 2.35. The number of anilines is 1. The largest absolute Gasteiger partial charge is 0.279 e. The molecule has 0 saturated carbocycles. The van der Waals surface area contributed by atoms with Crippen molar-refractivity contribution >= 4 is 54.4 Å². The summed E-state index contributed by atoms with van der Waals surface area (Å²) in [5.41, 5.74) is 2.30. The van der Waals surface area contributed by atoms with Crippen molar-refractivity contribution in [2.45, 2.75) is 35.6 Å². The molecule has 4 aromatic rings. The summed E-state index contributed by atoms with van der Waals surface area (Å²) in [7, 11) is -3.55. The van der Waals surface area contributed by atoms with E-state index < -0.39 is 10.0 Å². The minimum Gasteiger partial charge on any atom is -0.279 e. The van der Waals surface area contributed by atoms with E-state index in [4.69, 9.17) is 4.98 Å². The Hall–Kier alpha value is -2.72. The molecule has 0 aliphatic carbocycles. The Kier molecular flexibility index (Phi) is 7.43. The molecule has 3 aromatic carbocycles. The van der Waals surface area contributed by atoms with Gasteiger partial charge in [-0.05, 0) is 61.1 Å². The molecule has 6 nitrogen and oxygen atoms in total. The van der Waals surface area contributed by atoms with E-state index >= 15 is 0 Å². The van der Waals surface area contributed by atoms with Crippen LogP contribution in [0.15, 0.2) is 82.6 Å². The highest BCUT2D eigenvalue weighted by atomic mass is 32.2. The van der Waals surface area contributed by atoms with Crippen LogP contribution in [-0.4, -0.2) is 43.0 Å². The van der Waals surface area contributed by atoms with E-state index in [0.29, 0.717) is 30.3 Å². The molecule has 9 heteroatoms. The summed E-state index contributed by atoms with van der Waals surface area (Å²) in [6.07, 6.45) is 4.83. The van der Waals surface area contributed by atoms with Gasteiger partial charge in [0.2, 0.25) is 10.0 Å². The van der Waals surface area contributed by atoms with Crippen LogP contribution in [0.4, 0.5) is 5.13 Å². The summed E-state index contributed by atoms with van der Waals surface area (Å²) < 4.78 is 28.7. The molecule has 1 fully saturated rings. The first-order valence-corrected chi connectivity index (χ1v) is 15.3. The number of thioether (sulfide) groups is 1. The molecule has 36 heavy (non-hydrogen) atoms. The second kappa shape index (κ2) is 10.7. The Morgan fingerprint density at radius 2 is 1.69 bits per heavy atom. The molecule has 0 N–H and O–H groups in total. The number of carbonyl (C=O) groups excluding carboxylic acids is 1. The van der Waals surface area contributed by atoms with E-state index in [1.807, 2.05) is 54.8 Å². The van der Waals surface area contributed by atoms with Crippen LogP contribution in [0.5, 0.6) is 0 Å². The van der Waals surface area contributed by atoms with Gasteiger partial charge in [-0.2, -0.15) is 4.31 Å². The lowest BCUT2D eigenvalue weighted by Crippen LogP contribution is -2.35. The third-order valence-electron chi connectivity index (χ3n) is 6.30. The predicted octanol–water partition coefficient (Wildman–Crippen LogP) is 6.04. The lowest BCUT2D eigenvalue weighted by atomic mass is 10.1. The first-order chi connectivity index (χ1) is 17.5. The fourth-order valence-electron chi connectivity index (χ4n) is 4.36. The van der Waals surface area contributed by atoms with Gasteiger partial charge in [-0.3, -0.25) is 9.69 Å². The van der Waals surface area contributed by atoms with Crippen LogP contribution in [0.25, 0.3) is 10.2 Å². The van der Waals surface area contributed by atoms with Gasteiger partial charge in [-0.15, -0.1) is 11.8 Å². The number of para-hydroxylation sites is 1. The van der Waals surface area contributed by atoms with Crippen molar-refractivity contribution in [2.24, 2.45) is 0 Å². The number of aromatic nitrogens is 1. The monoisotopic (exact) mass is 537 g/mol. The molecule has 0 bridgehead atoms. The van der Waals surface area contributed by atoms with E-state index in [2.05, 4.69) is 0 Å². The SMILES string of the molecule is CSc1cccc2sc(N(Cc3ccccc3)C(=O)c3ccc(S(=O)(=O)N4CCCCC4)cc3)nc12. The second-order valence-electron chi connectivity index (χ2n) is 8.67. The highest BCUT2D eigenvalue weighted by Gasteiger charge is 2.27. The van der Waals surface area contributed by atoms with Crippen LogP contribution in [0.3, 0.4) is 0 Å². The standard InChI is InChI=1S/C27H27N3O3S3/c1-34-23-11-8-12-24-25(23)28-27(35-24)30(19-20-9-4-2-5-10-20)26(31)21-13-15-22(16-14-21)36(32,33)29-17-6-3-7-18-29/h2,4-5,8-16H,3,6-7,17-19H2,1H3. The fourth-order valence-corrected chi connectivity index (χ4v) is 7.50. The van der Waals surface area contributed by atoms with Crippen molar-refractivity contribution in [3.8, 4) is 0 Å². The van der Waals surface area contributed by atoms with E-state index in [1.165, 1.54) is 11.3 Å². The van der Waals surface area contributed by atoms with Crippen molar-refractivity contribution in [2.75, 3.05) is 24.2 Å². The first kappa shape index (κ1) is 25.0. The number of hydrogen-bond acceptors (Lipinski definition) is 6. The number of rotatable bonds is 7. The Labute approximate surface area is 220 Å². The zero-order valence-electron chi connectivity index (χ0n) is 20.0. The number of amides is 1. The number of thiazole rings is 1. The molecule has 5 rings (SSSR count). The summed E-state index contributed by atoms with van der Waals surface area (Å²) >= 11 is 3.11. The van der Waals surface area contributed by atoms with Gasteiger partial charge >= 0.3 is 0 Å². The van der Waals surface area contributed by atoms with E-state index in [9.17, 15) is 13.2 Å². The average Bonchev–Trinajstić information content (AvgIpc) is 3.37. The highest BCUT2D eigenvalue weighted by molar-refractivity contribution is 7.98. The van der Waals surface area contributed by atoms with Crippen LogP contribution in [0.1, 0.15) is 35.2 Å². The van der Waals surface area contributed by atoms with Crippen LogP contribution >= 0.6 is 23.1 Å². The molecule has 0 spiro atoms. The van der Waals surface area contributed by atoms with Crippen LogP contribution in [0.2, 0.25) is 0 Å². The van der Waals surface area contributed by atoms with Gasteiger partial charge in [0, 0.05) is 23.5 Å². The topological polar surface area (TPSA) is 70.6 Å². The Bertz CT molecular complexity index is 1460. The van der Waals surface area contributed by atoms with Crippen LogP contribution in [-0.2, 0) is 16.6 Å². The molecule has 0 atom stereocenters. The zero-order chi connectivity index (χ0) is 25.1. The van der Waals surface area contributed by atoms with E-state index in [1.54, 1.807) is 45.2 Å². The quantitative estimate of drug-likeness (QED) is 0.269. The average molecular weight is 538 g/mol. The molecule has 1 amide bonds. The zero-order valence-corrected chi connectivity index (χ0v) is 22.4. The molecule has 186 valence electrons. The van der Waals surface area contributed by atoms with Gasteiger partial charge in [0.15, 0.2) is 5.13 Å². The second-order valence-corrected chi connectivity index (χ2v) is 12.5.